The number of ketones is 1. The Labute approximate surface area is 115 Å². The predicted molar refractivity (Wildman–Crippen MR) is 65.7 cm³/mol. The topological polar surface area (TPSA) is 26.3 Å². The molecule has 0 aliphatic heterocycles. The first kappa shape index (κ1) is 14.5. The monoisotopic (exact) mass is 304 g/mol. The van der Waals surface area contributed by atoms with Crippen LogP contribution in [0.2, 0.25) is 0 Å². The SMILES string of the molecule is COc1ccsc1C(=O)c1cccc(C(F)(F)F)c1F. The van der Waals surface area contributed by atoms with Crippen LogP contribution in [-0.4, -0.2) is 12.9 Å². The summed E-state index contributed by atoms with van der Waals surface area (Å²) in [5.41, 5.74) is -2.08. The van der Waals surface area contributed by atoms with Crippen molar-refractivity contribution in [2.24, 2.45) is 0 Å². The molecule has 0 saturated carbocycles. The third-order valence-corrected chi connectivity index (χ3v) is 3.50. The number of ether oxygens (including phenoxy) is 1. The first-order chi connectivity index (χ1) is 9.36. The van der Waals surface area contributed by atoms with Crippen LogP contribution in [0.15, 0.2) is 29.6 Å². The molecule has 0 amide bonds. The lowest BCUT2D eigenvalue weighted by molar-refractivity contribution is -0.140. The van der Waals surface area contributed by atoms with Crippen LogP contribution in [0.25, 0.3) is 0 Å². The lowest BCUT2D eigenvalue weighted by atomic mass is 10.0. The van der Waals surface area contributed by atoms with Gasteiger partial charge in [-0.05, 0) is 23.6 Å². The number of rotatable bonds is 3. The number of halogens is 4. The van der Waals surface area contributed by atoms with Crippen LogP contribution in [0, 0.1) is 5.82 Å². The zero-order valence-corrected chi connectivity index (χ0v) is 10.9. The highest BCUT2D eigenvalue weighted by Crippen LogP contribution is 2.34. The minimum absolute atomic E-state index is 0.0609. The molecule has 2 rings (SSSR count). The molecule has 0 N–H and O–H groups in total. The van der Waals surface area contributed by atoms with E-state index >= 15 is 0 Å². The van der Waals surface area contributed by atoms with Gasteiger partial charge >= 0.3 is 6.18 Å². The van der Waals surface area contributed by atoms with Crippen molar-refractivity contribution in [3.63, 3.8) is 0 Å². The van der Waals surface area contributed by atoms with E-state index in [-0.39, 0.29) is 10.6 Å². The Morgan fingerprint density at radius 2 is 1.95 bits per heavy atom. The van der Waals surface area contributed by atoms with E-state index in [0.717, 1.165) is 23.5 Å². The van der Waals surface area contributed by atoms with Gasteiger partial charge in [0.1, 0.15) is 16.4 Å². The van der Waals surface area contributed by atoms with Crippen molar-refractivity contribution >= 4 is 17.1 Å². The van der Waals surface area contributed by atoms with Crippen LogP contribution < -0.4 is 4.74 Å². The van der Waals surface area contributed by atoms with Gasteiger partial charge in [0.25, 0.3) is 0 Å². The van der Waals surface area contributed by atoms with E-state index in [1.807, 2.05) is 0 Å². The summed E-state index contributed by atoms with van der Waals surface area (Å²) < 4.78 is 56.6. The van der Waals surface area contributed by atoms with Gasteiger partial charge in [0.05, 0.1) is 18.2 Å². The molecule has 7 heteroatoms. The number of benzene rings is 1. The molecule has 0 aliphatic carbocycles. The van der Waals surface area contributed by atoms with E-state index in [1.165, 1.54) is 18.6 Å². The van der Waals surface area contributed by atoms with Gasteiger partial charge in [0.15, 0.2) is 0 Å². The van der Waals surface area contributed by atoms with E-state index in [2.05, 4.69) is 0 Å². The molecule has 0 saturated heterocycles. The van der Waals surface area contributed by atoms with Crippen LogP contribution in [-0.2, 0) is 6.18 Å². The van der Waals surface area contributed by atoms with Crippen LogP contribution in [0.3, 0.4) is 0 Å². The third kappa shape index (κ3) is 2.53. The summed E-state index contributed by atoms with van der Waals surface area (Å²) >= 11 is 0.977. The van der Waals surface area contributed by atoms with Crippen molar-refractivity contribution in [3.05, 3.63) is 51.5 Å². The van der Waals surface area contributed by atoms with E-state index in [0.29, 0.717) is 6.07 Å². The van der Waals surface area contributed by atoms with Gasteiger partial charge in [-0.1, -0.05) is 6.07 Å². The predicted octanol–water partition coefficient (Wildman–Crippen LogP) is 4.15. The van der Waals surface area contributed by atoms with Crippen LogP contribution in [0.4, 0.5) is 17.6 Å². The fraction of sp³-hybridized carbons (Fsp3) is 0.154. The summed E-state index contributed by atoms with van der Waals surface area (Å²) in [6.45, 7) is 0. The molecule has 0 spiro atoms. The average molecular weight is 304 g/mol. The molecule has 20 heavy (non-hydrogen) atoms. The summed E-state index contributed by atoms with van der Waals surface area (Å²) in [5.74, 6) is -2.20. The van der Waals surface area contributed by atoms with E-state index < -0.39 is 28.9 Å². The number of hydrogen-bond donors (Lipinski definition) is 0. The number of carbonyl (C=O) groups is 1. The second-order valence-corrected chi connectivity index (χ2v) is 4.73. The lowest BCUT2D eigenvalue weighted by Gasteiger charge is -2.10. The van der Waals surface area contributed by atoms with Crippen LogP contribution in [0.5, 0.6) is 5.75 Å². The van der Waals surface area contributed by atoms with Crippen LogP contribution in [0.1, 0.15) is 20.8 Å². The first-order valence-electron chi connectivity index (χ1n) is 5.38. The fourth-order valence-corrected chi connectivity index (χ4v) is 2.48. The maximum atomic E-state index is 13.9. The van der Waals surface area contributed by atoms with Crippen molar-refractivity contribution < 1.29 is 27.1 Å². The normalized spacial score (nSPS) is 11.4. The van der Waals surface area contributed by atoms with Crippen molar-refractivity contribution in [1.29, 1.82) is 0 Å². The molecule has 106 valence electrons. The van der Waals surface area contributed by atoms with Crippen molar-refractivity contribution in [2.75, 3.05) is 7.11 Å². The number of methoxy groups -OCH3 is 1. The number of hydrogen-bond acceptors (Lipinski definition) is 3. The van der Waals surface area contributed by atoms with E-state index in [1.54, 1.807) is 0 Å². The van der Waals surface area contributed by atoms with Gasteiger partial charge in [-0.25, -0.2) is 4.39 Å². The highest BCUT2D eigenvalue weighted by Gasteiger charge is 2.36. The van der Waals surface area contributed by atoms with Gasteiger partial charge in [0.2, 0.25) is 5.78 Å². The molecular weight excluding hydrogens is 296 g/mol. The second kappa shape index (κ2) is 5.24. The summed E-state index contributed by atoms with van der Waals surface area (Å²) in [4.78, 5) is 12.2. The van der Waals surface area contributed by atoms with E-state index in [9.17, 15) is 22.4 Å². The molecule has 2 nitrogen and oxygen atoms in total. The summed E-state index contributed by atoms with van der Waals surface area (Å²) in [6.07, 6.45) is -4.85. The zero-order valence-electron chi connectivity index (χ0n) is 10.1. The standard InChI is InChI=1S/C13H8F4O2S/c1-19-9-5-6-20-12(9)11(18)7-3-2-4-8(10(7)14)13(15,16)17/h2-6H,1H3. The molecule has 0 aliphatic rings. The minimum atomic E-state index is -4.85. The Bertz CT molecular complexity index is 646. The van der Waals surface area contributed by atoms with Gasteiger partial charge < -0.3 is 4.74 Å². The Hall–Kier alpha value is -1.89. The molecule has 1 heterocycles. The van der Waals surface area contributed by atoms with E-state index in [4.69, 9.17) is 4.74 Å². The molecule has 0 fully saturated rings. The number of carbonyl (C=O) groups excluding carboxylic acids is 1. The van der Waals surface area contributed by atoms with Crippen LogP contribution >= 0.6 is 11.3 Å². The van der Waals surface area contributed by atoms with Gasteiger partial charge in [-0.2, -0.15) is 13.2 Å². The smallest absolute Gasteiger partial charge is 0.419 e. The molecule has 1 aromatic carbocycles. The molecule has 0 bridgehead atoms. The third-order valence-electron chi connectivity index (χ3n) is 2.60. The van der Waals surface area contributed by atoms with Gasteiger partial charge in [0, 0.05) is 0 Å². The van der Waals surface area contributed by atoms with Crippen molar-refractivity contribution in [1.82, 2.24) is 0 Å². The molecule has 0 atom stereocenters. The molecular formula is C13H8F4O2S. The molecule has 0 unspecified atom stereocenters. The van der Waals surface area contributed by atoms with Gasteiger partial charge in [-0.15, -0.1) is 11.3 Å². The number of thiophene rings is 1. The largest absolute Gasteiger partial charge is 0.495 e. The molecule has 1 aromatic heterocycles. The maximum absolute atomic E-state index is 13.9. The Morgan fingerprint density at radius 3 is 2.55 bits per heavy atom. The molecule has 2 aromatic rings. The summed E-state index contributed by atoms with van der Waals surface area (Å²) in [5, 5.41) is 1.54. The van der Waals surface area contributed by atoms with Gasteiger partial charge in [-0.3, -0.25) is 4.79 Å². The lowest BCUT2D eigenvalue weighted by Crippen LogP contribution is -2.12. The highest BCUT2D eigenvalue weighted by atomic mass is 32.1. The highest BCUT2D eigenvalue weighted by molar-refractivity contribution is 7.12. The average Bonchev–Trinajstić information content (AvgIpc) is 2.85. The number of alkyl halides is 3. The Morgan fingerprint density at radius 1 is 1.25 bits per heavy atom. The molecule has 0 radical (unpaired) electrons. The van der Waals surface area contributed by atoms with Crippen molar-refractivity contribution in [3.8, 4) is 5.75 Å². The Balaban J connectivity index is 2.52. The second-order valence-electron chi connectivity index (χ2n) is 3.81. The summed E-state index contributed by atoms with van der Waals surface area (Å²) in [6, 6.07) is 4.10. The summed E-state index contributed by atoms with van der Waals surface area (Å²) in [7, 11) is 1.32. The minimum Gasteiger partial charge on any atom is -0.495 e. The zero-order chi connectivity index (χ0) is 14.9. The van der Waals surface area contributed by atoms with Crippen molar-refractivity contribution in [2.45, 2.75) is 6.18 Å². The Kier molecular flexibility index (Phi) is 3.80. The first-order valence-corrected chi connectivity index (χ1v) is 6.26. The fourth-order valence-electron chi connectivity index (χ4n) is 1.67. The quantitative estimate of drug-likeness (QED) is 0.629. The maximum Gasteiger partial charge on any atom is 0.419 e.